The molecule has 2 fully saturated rings. The minimum absolute atomic E-state index is 0.0708. The van der Waals surface area contributed by atoms with E-state index < -0.39 is 45.4 Å². The number of amides is 3. The van der Waals surface area contributed by atoms with Gasteiger partial charge in [0.2, 0.25) is 10.0 Å². The van der Waals surface area contributed by atoms with E-state index in [0.29, 0.717) is 22.7 Å². The van der Waals surface area contributed by atoms with E-state index in [1.165, 1.54) is 26.1 Å². The predicted molar refractivity (Wildman–Crippen MR) is 141 cm³/mol. The molecular weight excluding hydrogens is 599 g/mol. The van der Waals surface area contributed by atoms with Crippen LogP contribution >= 0.6 is 23.2 Å². The van der Waals surface area contributed by atoms with Gasteiger partial charge in [0.25, 0.3) is 5.91 Å². The molecule has 0 aliphatic carbocycles. The average molecular weight is 625 g/mol. The fourth-order valence-corrected chi connectivity index (χ4v) is 6.18. The van der Waals surface area contributed by atoms with E-state index in [1.807, 2.05) is 0 Å². The van der Waals surface area contributed by atoms with E-state index in [9.17, 15) is 35.6 Å². The first-order valence-corrected chi connectivity index (χ1v) is 14.8. The fraction of sp³-hybridized carbons (Fsp3) is 0.440. The first kappa shape index (κ1) is 30.4. The monoisotopic (exact) mass is 624 g/mol. The first-order valence-electron chi connectivity index (χ1n) is 12.2. The maximum absolute atomic E-state index is 14.2. The highest BCUT2D eigenvalue weighted by atomic mass is 35.5. The molecule has 4 rings (SSSR count). The Labute approximate surface area is 239 Å². The van der Waals surface area contributed by atoms with E-state index >= 15 is 0 Å². The van der Waals surface area contributed by atoms with Crippen LogP contribution in [-0.4, -0.2) is 98.0 Å². The number of likely N-dealkylation sites (N-methyl/N-ethyl adjacent to an activating group) is 1. The third-order valence-electron chi connectivity index (χ3n) is 7.25. The zero-order chi connectivity index (χ0) is 29.6. The molecule has 15 heteroatoms. The Morgan fingerprint density at radius 2 is 1.60 bits per heavy atom. The van der Waals surface area contributed by atoms with Crippen molar-refractivity contribution in [3.63, 3.8) is 0 Å². The summed E-state index contributed by atoms with van der Waals surface area (Å²) in [6.07, 6.45) is -3.80. The van der Waals surface area contributed by atoms with Gasteiger partial charge in [0.15, 0.2) is 0 Å². The largest absolute Gasteiger partial charge is 0.419 e. The average Bonchev–Trinajstić information content (AvgIpc) is 3.33. The minimum atomic E-state index is -4.91. The second-order valence-corrected chi connectivity index (χ2v) is 12.6. The topological polar surface area (TPSA) is 81.2 Å². The van der Waals surface area contributed by atoms with Gasteiger partial charge < -0.3 is 14.7 Å². The van der Waals surface area contributed by atoms with Crippen molar-refractivity contribution in [1.82, 2.24) is 19.0 Å². The molecule has 2 heterocycles. The Morgan fingerprint density at radius 3 is 2.15 bits per heavy atom. The lowest BCUT2D eigenvalue weighted by molar-refractivity contribution is -0.140. The van der Waals surface area contributed by atoms with Gasteiger partial charge in [-0.05, 0) is 35.9 Å². The van der Waals surface area contributed by atoms with Crippen molar-refractivity contribution in [2.75, 3.05) is 52.6 Å². The highest BCUT2D eigenvalue weighted by molar-refractivity contribution is 7.88. The number of rotatable bonds is 4. The number of carbonyl (C=O) groups excluding carboxylic acids is 2. The summed E-state index contributed by atoms with van der Waals surface area (Å²) < 4.78 is 78.2. The highest BCUT2D eigenvalue weighted by Crippen LogP contribution is 2.36. The summed E-state index contributed by atoms with van der Waals surface area (Å²) in [7, 11) is -1.95. The fourth-order valence-electron chi connectivity index (χ4n) is 5.05. The molecular formula is C25H26Cl2F4N4O4S. The zero-order valence-electron chi connectivity index (χ0n) is 21.5. The third-order valence-corrected chi connectivity index (χ3v) is 9.29. The standard InChI is InChI=1S/C25H26Cl2F4N4O4S/c1-32(23(36)16-3-5-18(21(28)12-16)25(29,30)31)22-14-34(13-17(22)15-4-6-19(26)20(27)11-15)24(37)33-7-9-35(10-8-33)40(2,38)39/h3-6,11-12,17,22H,7-10,13-14H2,1-2H3/t17-,22-/m0/s1. The molecule has 2 saturated heterocycles. The van der Waals surface area contributed by atoms with Crippen LogP contribution < -0.4 is 0 Å². The van der Waals surface area contributed by atoms with Crippen LogP contribution in [0.15, 0.2) is 36.4 Å². The number of urea groups is 1. The normalized spacial score (nSPS) is 20.6. The second-order valence-electron chi connectivity index (χ2n) is 9.79. The highest BCUT2D eigenvalue weighted by Gasteiger charge is 2.42. The number of hydrogen-bond acceptors (Lipinski definition) is 4. The molecule has 0 N–H and O–H groups in total. The summed E-state index contributed by atoms with van der Waals surface area (Å²) in [4.78, 5) is 31.1. The molecule has 2 aliphatic heterocycles. The van der Waals surface area contributed by atoms with Crippen LogP contribution in [0.25, 0.3) is 0 Å². The lowest BCUT2D eigenvalue weighted by atomic mass is 9.93. The smallest absolute Gasteiger partial charge is 0.336 e. The summed E-state index contributed by atoms with van der Waals surface area (Å²) in [5.74, 6) is -2.74. The van der Waals surface area contributed by atoms with Gasteiger partial charge in [0.1, 0.15) is 5.82 Å². The number of nitrogens with zero attached hydrogens (tertiary/aromatic N) is 4. The second kappa shape index (κ2) is 11.3. The third kappa shape index (κ3) is 6.32. The minimum Gasteiger partial charge on any atom is -0.336 e. The predicted octanol–water partition coefficient (Wildman–Crippen LogP) is 4.39. The van der Waals surface area contributed by atoms with Gasteiger partial charge in [0.05, 0.1) is 27.9 Å². The number of hydrogen-bond donors (Lipinski definition) is 0. The number of likely N-dealkylation sites (tertiary alicyclic amines) is 1. The zero-order valence-corrected chi connectivity index (χ0v) is 23.8. The molecule has 3 amide bonds. The Hall–Kier alpha value is -2.61. The van der Waals surface area contributed by atoms with Crippen molar-refractivity contribution in [3.8, 4) is 0 Å². The van der Waals surface area contributed by atoms with Crippen LogP contribution in [0.5, 0.6) is 0 Å². The van der Waals surface area contributed by atoms with E-state index in [2.05, 4.69) is 0 Å². The maximum atomic E-state index is 14.2. The Balaban J connectivity index is 1.59. The Morgan fingerprint density at radius 1 is 0.950 bits per heavy atom. The van der Waals surface area contributed by atoms with Crippen LogP contribution in [0.1, 0.15) is 27.4 Å². The van der Waals surface area contributed by atoms with Gasteiger partial charge in [-0.25, -0.2) is 17.6 Å². The van der Waals surface area contributed by atoms with Crippen molar-refractivity contribution < 1.29 is 35.6 Å². The lowest BCUT2D eigenvalue weighted by Crippen LogP contribution is -2.53. The van der Waals surface area contributed by atoms with E-state index in [-0.39, 0.29) is 55.9 Å². The molecule has 2 aromatic carbocycles. The van der Waals surface area contributed by atoms with Crippen LogP contribution in [0.3, 0.4) is 0 Å². The molecule has 0 unspecified atom stereocenters. The van der Waals surface area contributed by atoms with Gasteiger partial charge in [-0.3, -0.25) is 4.79 Å². The molecule has 218 valence electrons. The molecule has 0 spiro atoms. The summed E-state index contributed by atoms with van der Waals surface area (Å²) in [6.45, 7) is 0.911. The summed E-state index contributed by atoms with van der Waals surface area (Å²) >= 11 is 12.3. The summed E-state index contributed by atoms with van der Waals surface area (Å²) in [6, 6.07) is 5.91. The molecule has 0 bridgehead atoms. The van der Waals surface area contributed by atoms with Gasteiger partial charge in [-0.2, -0.15) is 17.5 Å². The van der Waals surface area contributed by atoms with E-state index in [4.69, 9.17) is 23.2 Å². The molecule has 2 aliphatic rings. The van der Waals surface area contributed by atoms with E-state index in [0.717, 1.165) is 12.3 Å². The number of piperazine rings is 1. The number of benzene rings is 2. The van der Waals surface area contributed by atoms with Gasteiger partial charge in [-0.15, -0.1) is 0 Å². The number of halogens is 6. The molecule has 2 aromatic rings. The van der Waals surface area contributed by atoms with Crippen LogP contribution in [0.4, 0.5) is 22.4 Å². The first-order chi connectivity index (χ1) is 18.6. The van der Waals surface area contributed by atoms with Gasteiger partial charge >= 0.3 is 12.2 Å². The van der Waals surface area contributed by atoms with Crippen molar-refractivity contribution in [2.45, 2.75) is 18.1 Å². The SMILES string of the molecule is CN(C(=O)c1ccc(C(F)(F)F)c(F)c1)[C@H]1CN(C(=O)N2CCN(S(C)(=O)=O)CC2)C[C@H]1c1ccc(Cl)c(Cl)c1. The van der Waals surface area contributed by atoms with Crippen LogP contribution in [0, 0.1) is 5.82 Å². The number of sulfonamides is 1. The summed E-state index contributed by atoms with van der Waals surface area (Å²) in [5.41, 5.74) is -1.08. The maximum Gasteiger partial charge on any atom is 0.419 e. The molecule has 0 aromatic heterocycles. The van der Waals surface area contributed by atoms with Crippen molar-refractivity contribution >= 4 is 45.2 Å². The lowest BCUT2D eigenvalue weighted by Gasteiger charge is -2.35. The Bertz CT molecular complexity index is 1420. The van der Waals surface area contributed by atoms with Crippen LogP contribution in [0.2, 0.25) is 10.0 Å². The molecule has 8 nitrogen and oxygen atoms in total. The summed E-state index contributed by atoms with van der Waals surface area (Å²) in [5, 5.41) is 0.569. The van der Waals surface area contributed by atoms with Crippen molar-refractivity contribution in [1.29, 1.82) is 0 Å². The molecule has 0 radical (unpaired) electrons. The molecule has 2 atom stereocenters. The van der Waals surface area contributed by atoms with Gasteiger partial charge in [-0.1, -0.05) is 29.3 Å². The van der Waals surface area contributed by atoms with Crippen LogP contribution in [-0.2, 0) is 16.2 Å². The number of carbonyl (C=O) groups is 2. The van der Waals surface area contributed by atoms with Gasteiger partial charge in [0, 0.05) is 57.8 Å². The van der Waals surface area contributed by atoms with E-state index in [1.54, 1.807) is 18.2 Å². The number of alkyl halides is 3. The molecule has 40 heavy (non-hydrogen) atoms. The van der Waals surface area contributed by atoms with Crippen molar-refractivity contribution in [3.05, 3.63) is 69.0 Å². The molecule has 0 saturated carbocycles. The Kier molecular flexibility index (Phi) is 8.61. The van der Waals surface area contributed by atoms with Crippen molar-refractivity contribution in [2.24, 2.45) is 0 Å². The quantitative estimate of drug-likeness (QED) is 0.473.